The number of carbonyl (C=O) groups is 3. The molecule has 8 heteroatoms. The minimum atomic E-state index is -0.888. The van der Waals surface area contributed by atoms with Crippen molar-refractivity contribution < 1.29 is 28.2 Å². The van der Waals surface area contributed by atoms with Crippen molar-refractivity contribution in [1.82, 2.24) is 9.80 Å². The molecule has 7 nitrogen and oxygen atoms in total. The fourth-order valence-electron chi connectivity index (χ4n) is 5.57. The van der Waals surface area contributed by atoms with E-state index in [2.05, 4.69) is 6.92 Å². The number of hydrogen-bond donors (Lipinski definition) is 0. The Morgan fingerprint density at radius 1 is 1.18 bits per heavy atom. The molecule has 2 heterocycles. The number of esters is 1. The molecule has 180 valence electrons. The molecule has 0 N–H and O–H groups in total. The number of benzene rings is 1. The molecule has 2 aliphatic heterocycles. The molecular weight excluding hydrogens is 427 g/mol. The predicted molar refractivity (Wildman–Crippen MR) is 119 cm³/mol. The third-order valence-electron chi connectivity index (χ3n) is 7.23. The van der Waals surface area contributed by atoms with Crippen LogP contribution in [0.15, 0.2) is 24.3 Å². The van der Waals surface area contributed by atoms with E-state index in [1.54, 1.807) is 24.0 Å². The molecule has 1 saturated carbocycles. The third-order valence-corrected chi connectivity index (χ3v) is 7.23. The maximum Gasteiger partial charge on any atom is 0.309 e. The molecule has 0 radical (unpaired) electrons. The average molecular weight is 461 g/mol. The first-order valence-electron chi connectivity index (χ1n) is 12.0. The summed E-state index contributed by atoms with van der Waals surface area (Å²) in [5, 5.41) is 0. The van der Waals surface area contributed by atoms with Gasteiger partial charge in [-0.05, 0) is 57.1 Å². The minimum Gasteiger partial charge on any atom is -0.466 e. The fourth-order valence-corrected chi connectivity index (χ4v) is 5.57. The Labute approximate surface area is 194 Å². The van der Waals surface area contributed by atoms with Crippen molar-refractivity contribution in [1.29, 1.82) is 0 Å². The van der Waals surface area contributed by atoms with Crippen LogP contribution in [0.1, 0.15) is 62.7 Å². The van der Waals surface area contributed by atoms with Gasteiger partial charge in [0.1, 0.15) is 17.6 Å². The monoisotopic (exact) mass is 460 g/mol. The van der Waals surface area contributed by atoms with E-state index in [1.165, 1.54) is 17.0 Å². The van der Waals surface area contributed by atoms with Gasteiger partial charge < -0.3 is 14.4 Å². The summed E-state index contributed by atoms with van der Waals surface area (Å²) in [5.74, 6) is -1.40. The fraction of sp³-hybridized carbons (Fsp3) is 0.640. The zero-order chi connectivity index (χ0) is 23.6. The summed E-state index contributed by atoms with van der Waals surface area (Å²) in [6, 6.07) is 5.09. The van der Waals surface area contributed by atoms with E-state index in [9.17, 15) is 18.8 Å². The molecule has 0 bridgehead atoms. The first kappa shape index (κ1) is 23.7. The van der Waals surface area contributed by atoms with Crippen molar-refractivity contribution >= 4 is 17.8 Å². The molecular formula is C25H33FN2O5. The van der Waals surface area contributed by atoms with Crippen LogP contribution in [0.2, 0.25) is 0 Å². The summed E-state index contributed by atoms with van der Waals surface area (Å²) in [5.41, 5.74) is -0.930. The zero-order valence-corrected chi connectivity index (χ0v) is 19.4. The highest BCUT2D eigenvalue weighted by Crippen LogP contribution is 2.44. The lowest BCUT2D eigenvalue weighted by Gasteiger charge is -2.44. The minimum absolute atomic E-state index is 0.0422. The number of nitrogens with zero attached hydrogens (tertiary/aromatic N) is 2. The topological polar surface area (TPSA) is 76.2 Å². The second kappa shape index (κ2) is 9.79. The van der Waals surface area contributed by atoms with Gasteiger partial charge in [0, 0.05) is 13.1 Å². The molecule has 3 atom stereocenters. The summed E-state index contributed by atoms with van der Waals surface area (Å²) in [6.07, 6.45) is 4.23. The molecule has 1 aliphatic carbocycles. The molecule has 1 aromatic rings. The standard InChI is InChI=1S/C25H33FN2O5/c1-3-32-24(31)18-10-13-27(14-11-18)23(30)21-16-33-25(12-6-7-17(2)15-25)28(21)22(29)19-8-4-5-9-20(19)26/h4-5,8-9,17-18,21H,3,6-7,10-16H2,1-2H3/t17-,21-,25+/m0/s1. The number of ether oxygens (including phenoxy) is 2. The summed E-state index contributed by atoms with van der Waals surface area (Å²) >= 11 is 0. The van der Waals surface area contributed by atoms with E-state index in [1.807, 2.05) is 0 Å². The smallest absolute Gasteiger partial charge is 0.309 e. The van der Waals surface area contributed by atoms with E-state index in [0.717, 1.165) is 12.8 Å². The van der Waals surface area contributed by atoms with Gasteiger partial charge in [0.2, 0.25) is 5.91 Å². The largest absolute Gasteiger partial charge is 0.466 e. The molecule has 0 aromatic heterocycles. The second-order valence-electron chi connectivity index (χ2n) is 9.48. The summed E-state index contributed by atoms with van der Waals surface area (Å²) in [6.45, 7) is 5.17. The Morgan fingerprint density at radius 3 is 2.58 bits per heavy atom. The van der Waals surface area contributed by atoms with Gasteiger partial charge >= 0.3 is 5.97 Å². The van der Waals surface area contributed by atoms with Crippen molar-refractivity contribution in [2.24, 2.45) is 11.8 Å². The van der Waals surface area contributed by atoms with Gasteiger partial charge in [0.25, 0.3) is 5.91 Å². The highest BCUT2D eigenvalue weighted by molar-refractivity contribution is 5.98. The van der Waals surface area contributed by atoms with Gasteiger partial charge in [-0.1, -0.05) is 25.5 Å². The van der Waals surface area contributed by atoms with E-state index in [0.29, 0.717) is 51.3 Å². The number of halogens is 1. The maximum atomic E-state index is 14.6. The van der Waals surface area contributed by atoms with E-state index >= 15 is 0 Å². The quantitative estimate of drug-likeness (QED) is 0.644. The molecule has 2 saturated heterocycles. The number of likely N-dealkylation sites (tertiary alicyclic amines) is 1. The first-order valence-corrected chi connectivity index (χ1v) is 12.0. The van der Waals surface area contributed by atoms with Gasteiger partial charge in [-0.25, -0.2) is 4.39 Å². The number of carbonyl (C=O) groups excluding carboxylic acids is 3. The van der Waals surface area contributed by atoms with Crippen molar-refractivity contribution in [3.63, 3.8) is 0 Å². The maximum absolute atomic E-state index is 14.6. The first-order chi connectivity index (χ1) is 15.9. The van der Waals surface area contributed by atoms with Crippen LogP contribution in [0.4, 0.5) is 4.39 Å². The Morgan fingerprint density at radius 2 is 1.91 bits per heavy atom. The van der Waals surface area contributed by atoms with Gasteiger partial charge in [-0.15, -0.1) is 0 Å². The Balaban J connectivity index is 1.56. The van der Waals surface area contributed by atoms with E-state index in [-0.39, 0.29) is 30.0 Å². The van der Waals surface area contributed by atoms with Gasteiger partial charge in [-0.3, -0.25) is 19.3 Å². The van der Waals surface area contributed by atoms with Crippen LogP contribution in [0.3, 0.4) is 0 Å². The van der Waals surface area contributed by atoms with Crippen LogP contribution >= 0.6 is 0 Å². The van der Waals surface area contributed by atoms with Gasteiger partial charge in [-0.2, -0.15) is 0 Å². The molecule has 1 spiro atoms. The van der Waals surface area contributed by atoms with Crippen LogP contribution in [0, 0.1) is 17.7 Å². The average Bonchev–Trinajstić information content (AvgIpc) is 3.16. The number of piperidine rings is 1. The Bertz CT molecular complexity index is 901. The van der Waals surface area contributed by atoms with E-state index < -0.39 is 23.5 Å². The summed E-state index contributed by atoms with van der Waals surface area (Å²) < 4.78 is 25.9. The van der Waals surface area contributed by atoms with E-state index in [4.69, 9.17) is 9.47 Å². The predicted octanol–water partition coefficient (Wildman–Crippen LogP) is 3.37. The van der Waals surface area contributed by atoms with Crippen LogP contribution in [0.25, 0.3) is 0 Å². The molecule has 1 aromatic carbocycles. The Kier molecular flexibility index (Phi) is 7.02. The molecule has 3 fully saturated rings. The molecule has 33 heavy (non-hydrogen) atoms. The molecule has 2 amide bonds. The van der Waals surface area contributed by atoms with Crippen LogP contribution in [-0.2, 0) is 19.1 Å². The van der Waals surface area contributed by atoms with Crippen molar-refractivity contribution in [3.8, 4) is 0 Å². The number of rotatable bonds is 4. The molecule has 4 rings (SSSR count). The zero-order valence-electron chi connectivity index (χ0n) is 19.4. The Hall–Kier alpha value is -2.48. The van der Waals surface area contributed by atoms with Crippen molar-refractivity contribution in [3.05, 3.63) is 35.6 Å². The summed E-state index contributed by atoms with van der Waals surface area (Å²) in [4.78, 5) is 42.5. The van der Waals surface area contributed by atoms with Crippen molar-refractivity contribution in [2.75, 3.05) is 26.3 Å². The number of amides is 2. The van der Waals surface area contributed by atoms with Crippen LogP contribution < -0.4 is 0 Å². The summed E-state index contributed by atoms with van der Waals surface area (Å²) in [7, 11) is 0. The number of hydrogen-bond acceptors (Lipinski definition) is 5. The molecule has 0 unspecified atom stereocenters. The van der Waals surface area contributed by atoms with Crippen LogP contribution in [0.5, 0.6) is 0 Å². The van der Waals surface area contributed by atoms with Crippen molar-refractivity contribution in [2.45, 2.75) is 64.1 Å². The molecule has 3 aliphatic rings. The lowest BCUT2D eigenvalue weighted by Crippen LogP contribution is -2.58. The normalized spacial score (nSPS) is 28.2. The second-order valence-corrected chi connectivity index (χ2v) is 9.48. The highest BCUT2D eigenvalue weighted by Gasteiger charge is 2.55. The third kappa shape index (κ3) is 4.63. The lowest BCUT2D eigenvalue weighted by molar-refractivity contribution is -0.152. The highest BCUT2D eigenvalue weighted by atomic mass is 19.1. The van der Waals surface area contributed by atoms with Gasteiger partial charge in [0.15, 0.2) is 0 Å². The SMILES string of the molecule is CCOC(=O)C1CCN(C(=O)[C@@H]2CO[C@@]3(CCC[C@H](C)C3)N2C(=O)c2ccccc2F)CC1. The lowest BCUT2D eigenvalue weighted by atomic mass is 9.82. The van der Waals surface area contributed by atoms with Gasteiger partial charge in [0.05, 0.1) is 24.7 Å². The van der Waals surface area contributed by atoms with Crippen LogP contribution in [-0.4, -0.2) is 65.7 Å².